The van der Waals surface area contributed by atoms with Gasteiger partial charge in [-0.1, -0.05) is 0 Å². The predicted molar refractivity (Wildman–Crippen MR) is 40.8 cm³/mol. The molecule has 1 saturated heterocycles. The van der Waals surface area contributed by atoms with Crippen LogP contribution >= 0.6 is 10.6 Å². The lowest BCUT2D eigenvalue weighted by Gasteiger charge is -2.30. The minimum absolute atomic E-state index is 0.0845. The van der Waals surface area contributed by atoms with Gasteiger partial charge in [-0.25, -0.2) is 0 Å². The topological polar surface area (TPSA) is 29.5 Å². The maximum Gasteiger partial charge on any atom is 0.0887 e. The molecule has 0 aromatic carbocycles. The van der Waals surface area contributed by atoms with Crippen LogP contribution in [0.15, 0.2) is 0 Å². The largest absolute Gasteiger partial charge is 0.299 e. The highest BCUT2D eigenvalue weighted by molar-refractivity contribution is 8.24. The fourth-order valence-corrected chi connectivity index (χ4v) is 3.01. The Bertz CT molecular complexity index is 106. The standard InChI is InChI=1S/C6H14O2S/c1-6(2)4-5-9(3,7)8-6/h7H,4-5H2,1-3H3. The number of rotatable bonds is 0. The molecule has 1 fully saturated rings. The van der Waals surface area contributed by atoms with Crippen molar-refractivity contribution in [2.45, 2.75) is 25.9 Å². The maximum absolute atomic E-state index is 9.39. The summed E-state index contributed by atoms with van der Waals surface area (Å²) in [4.78, 5) is 0. The minimum Gasteiger partial charge on any atom is -0.299 e. The summed E-state index contributed by atoms with van der Waals surface area (Å²) in [7, 11) is -1.65. The van der Waals surface area contributed by atoms with Crippen LogP contribution in [0, 0.1) is 0 Å². The second kappa shape index (κ2) is 1.87. The van der Waals surface area contributed by atoms with Crippen LogP contribution in [0.3, 0.4) is 0 Å². The Morgan fingerprint density at radius 2 is 2.11 bits per heavy atom. The molecule has 1 aliphatic rings. The first kappa shape index (κ1) is 7.38. The molecule has 1 aliphatic heterocycles. The van der Waals surface area contributed by atoms with Gasteiger partial charge in [0.05, 0.1) is 5.60 Å². The van der Waals surface area contributed by atoms with Gasteiger partial charge in [0.15, 0.2) is 0 Å². The summed E-state index contributed by atoms with van der Waals surface area (Å²) >= 11 is 0. The molecule has 0 amide bonds. The summed E-state index contributed by atoms with van der Waals surface area (Å²) in [6, 6.07) is 0. The Labute approximate surface area is 57.9 Å². The predicted octanol–water partition coefficient (Wildman–Crippen LogP) is 2.01. The third-order valence-corrected chi connectivity index (χ3v) is 3.26. The molecular formula is C6H14O2S. The highest BCUT2D eigenvalue weighted by Gasteiger charge is 2.33. The lowest BCUT2D eigenvalue weighted by molar-refractivity contribution is 0.141. The zero-order valence-corrected chi connectivity index (χ0v) is 6.99. The fraction of sp³-hybridized carbons (Fsp3) is 1.00. The van der Waals surface area contributed by atoms with Crippen LogP contribution in [-0.2, 0) is 4.18 Å². The van der Waals surface area contributed by atoms with Crippen molar-refractivity contribution in [2.24, 2.45) is 0 Å². The van der Waals surface area contributed by atoms with Crippen molar-refractivity contribution in [3.05, 3.63) is 0 Å². The second-order valence-electron chi connectivity index (χ2n) is 3.26. The van der Waals surface area contributed by atoms with Crippen LogP contribution in [0.1, 0.15) is 20.3 Å². The van der Waals surface area contributed by atoms with Crippen LogP contribution in [0.25, 0.3) is 0 Å². The van der Waals surface area contributed by atoms with Crippen LogP contribution in [0.4, 0.5) is 0 Å². The summed E-state index contributed by atoms with van der Waals surface area (Å²) in [5, 5.41) is 0. The summed E-state index contributed by atoms with van der Waals surface area (Å²) in [5.74, 6) is 0.833. The van der Waals surface area contributed by atoms with Gasteiger partial charge in [-0.15, -0.1) is 0 Å². The van der Waals surface area contributed by atoms with Crippen LogP contribution in [0.5, 0.6) is 0 Å². The number of hydrogen-bond acceptors (Lipinski definition) is 2. The Kier molecular flexibility index (Phi) is 1.54. The van der Waals surface area contributed by atoms with E-state index >= 15 is 0 Å². The summed E-state index contributed by atoms with van der Waals surface area (Å²) in [6.45, 7) is 4.03. The summed E-state index contributed by atoms with van der Waals surface area (Å²) in [6.07, 6.45) is 2.77. The first-order chi connectivity index (χ1) is 3.91. The molecule has 9 heavy (non-hydrogen) atoms. The lowest BCUT2D eigenvalue weighted by atomic mass is 10.1. The molecular weight excluding hydrogens is 136 g/mol. The van der Waals surface area contributed by atoms with Gasteiger partial charge in [-0.3, -0.25) is 8.74 Å². The molecule has 1 rings (SSSR count). The van der Waals surface area contributed by atoms with Crippen molar-refractivity contribution in [1.29, 1.82) is 0 Å². The summed E-state index contributed by atoms with van der Waals surface area (Å²) < 4.78 is 14.8. The van der Waals surface area contributed by atoms with Gasteiger partial charge < -0.3 is 0 Å². The van der Waals surface area contributed by atoms with Gasteiger partial charge in [0.1, 0.15) is 0 Å². The van der Waals surface area contributed by atoms with E-state index < -0.39 is 10.6 Å². The smallest absolute Gasteiger partial charge is 0.0887 e. The van der Waals surface area contributed by atoms with Gasteiger partial charge in [-0.2, -0.15) is 10.6 Å². The van der Waals surface area contributed by atoms with Gasteiger partial charge in [0.2, 0.25) is 0 Å². The Morgan fingerprint density at radius 3 is 2.22 bits per heavy atom. The highest BCUT2D eigenvalue weighted by atomic mass is 32.3. The van der Waals surface area contributed by atoms with E-state index in [0.29, 0.717) is 0 Å². The van der Waals surface area contributed by atoms with E-state index in [2.05, 4.69) is 0 Å². The van der Waals surface area contributed by atoms with Gasteiger partial charge in [0, 0.05) is 12.0 Å². The lowest BCUT2D eigenvalue weighted by Crippen LogP contribution is -2.16. The fourth-order valence-electron chi connectivity index (χ4n) is 1.00. The zero-order valence-electron chi connectivity index (χ0n) is 6.18. The molecule has 1 atom stereocenters. The normalized spacial score (nSPS) is 48.4. The molecule has 0 aromatic rings. The van der Waals surface area contributed by atoms with Crippen LogP contribution in [-0.4, -0.2) is 22.2 Å². The van der Waals surface area contributed by atoms with Crippen LogP contribution < -0.4 is 0 Å². The van der Waals surface area contributed by atoms with Gasteiger partial charge >= 0.3 is 0 Å². The average Bonchev–Trinajstić information content (AvgIpc) is 1.78. The minimum atomic E-state index is -1.65. The van der Waals surface area contributed by atoms with Crippen molar-refractivity contribution in [2.75, 3.05) is 12.0 Å². The average molecular weight is 150 g/mol. The first-order valence-corrected chi connectivity index (χ1v) is 5.20. The third kappa shape index (κ3) is 1.85. The van der Waals surface area contributed by atoms with Gasteiger partial charge in [0.25, 0.3) is 0 Å². The summed E-state index contributed by atoms with van der Waals surface area (Å²) in [5.41, 5.74) is -0.0845. The molecule has 0 saturated carbocycles. The van der Waals surface area contributed by atoms with Crippen molar-refractivity contribution in [3.8, 4) is 0 Å². The maximum atomic E-state index is 9.39. The molecule has 0 bridgehead atoms. The molecule has 1 N–H and O–H groups in total. The SMILES string of the molecule is CC1(C)CCS(C)(O)O1. The quantitative estimate of drug-likeness (QED) is 0.572. The zero-order chi connectivity index (χ0) is 7.12. The molecule has 3 heteroatoms. The molecule has 0 aliphatic carbocycles. The van der Waals surface area contributed by atoms with Crippen molar-refractivity contribution < 1.29 is 8.74 Å². The monoisotopic (exact) mass is 150 g/mol. The molecule has 2 nitrogen and oxygen atoms in total. The highest BCUT2D eigenvalue weighted by Crippen LogP contribution is 2.52. The van der Waals surface area contributed by atoms with Gasteiger partial charge in [-0.05, 0) is 20.3 Å². The molecule has 0 aromatic heterocycles. The first-order valence-electron chi connectivity index (χ1n) is 3.10. The molecule has 0 radical (unpaired) electrons. The van der Waals surface area contributed by atoms with Crippen LogP contribution in [0.2, 0.25) is 0 Å². The van der Waals surface area contributed by atoms with Crippen molar-refractivity contribution in [1.82, 2.24) is 0 Å². The van der Waals surface area contributed by atoms with Crippen molar-refractivity contribution >= 4 is 10.6 Å². The van der Waals surface area contributed by atoms with E-state index in [1.807, 2.05) is 13.8 Å². The molecule has 56 valence electrons. The van der Waals surface area contributed by atoms with E-state index in [1.165, 1.54) is 0 Å². The van der Waals surface area contributed by atoms with E-state index in [1.54, 1.807) is 6.26 Å². The number of hydrogen-bond donors (Lipinski definition) is 1. The Hall–Kier alpha value is 0.270. The molecule has 0 spiro atoms. The Morgan fingerprint density at radius 1 is 1.56 bits per heavy atom. The molecule has 1 unspecified atom stereocenters. The Balaban J connectivity index is 2.58. The van der Waals surface area contributed by atoms with E-state index in [0.717, 1.165) is 12.2 Å². The van der Waals surface area contributed by atoms with E-state index in [4.69, 9.17) is 4.18 Å². The van der Waals surface area contributed by atoms with Crippen molar-refractivity contribution in [3.63, 3.8) is 0 Å². The third-order valence-electron chi connectivity index (χ3n) is 1.49. The van der Waals surface area contributed by atoms with E-state index in [9.17, 15) is 4.55 Å². The second-order valence-corrected chi connectivity index (χ2v) is 5.75. The molecule has 1 heterocycles. The van der Waals surface area contributed by atoms with E-state index in [-0.39, 0.29) is 5.60 Å².